The first-order chi connectivity index (χ1) is 15.0. The van der Waals surface area contributed by atoms with E-state index in [1.165, 1.54) is 11.3 Å². The van der Waals surface area contributed by atoms with Gasteiger partial charge in [-0.05, 0) is 30.9 Å². The molecule has 1 fully saturated rings. The van der Waals surface area contributed by atoms with E-state index in [0.29, 0.717) is 23.4 Å². The second kappa shape index (κ2) is 14.2. The van der Waals surface area contributed by atoms with Gasteiger partial charge in [0.25, 0.3) is 0 Å². The van der Waals surface area contributed by atoms with Crippen LogP contribution in [-0.2, 0) is 27.2 Å². The Balaban J connectivity index is 0.000000337. The van der Waals surface area contributed by atoms with E-state index in [9.17, 15) is 19.2 Å². The fraction of sp³-hybridized carbons (Fsp3) is 0.417. The van der Waals surface area contributed by atoms with Crippen LogP contribution < -0.4 is 10.6 Å². The van der Waals surface area contributed by atoms with Crippen LogP contribution >= 0.6 is 11.3 Å². The number of amides is 3. The van der Waals surface area contributed by atoms with Gasteiger partial charge in [0, 0.05) is 22.8 Å². The van der Waals surface area contributed by atoms with E-state index in [1.807, 2.05) is 64.1 Å². The second-order valence-corrected chi connectivity index (χ2v) is 7.87. The van der Waals surface area contributed by atoms with Crippen LogP contribution in [0.2, 0.25) is 0 Å². The molecule has 1 atom stereocenters. The number of thiophene rings is 1. The van der Waals surface area contributed by atoms with Crippen molar-refractivity contribution in [3.8, 4) is 0 Å². The van der Waals surface area contributed by atoms with E-state index >= 15 is 0 Å². The molecule has 1 aromatic heterocycles. The van der Waals surface area contributed by atoms with E-state index in [2.05, 4.69) is 10.6 Å². The summed E-state index contributed by atoms with van der Waals surface area (Å²) in [5, 5.41) is 5.76. The summed E-state index contributed by atoms with van der Waals surface area (Å²) in [6, 6.07) is 11.4. The molecule has 0 spiro atoms. The van der Waals surface area contributed by atoms with Crippen molar-refractivity contribution < 1.29 is 19.2 Å². The quantitative estimate of drug-likeness (QED) is 0.495. The molecule has 3 rings (SSSR count). The van der Waals surface area contributed by atoms with Crippen molar-refractivity contribution in [2.45, 2.75) is 59.8 Å². The Morgan fingerprint density at radius 1 is 1.19 bits per heavy atom. The number of hydrogen-bond donors (Lipinski definition) is 2. The molecular weight excluding hydrogens is 412 g/mol. The third-order valence-corrected chi connectivity index (χ3v) is 5.80. The van der Waals surface area contributed by atoms with Crippen LogP contribution in [0.3, 0.4) is 0 Å². The summed E-state index contributed by atoms with van der Waals surface area (Å²) in [6.45, 7) is 7.98. The van der Waals surface area contributed by atoms with Crippen molar-refractivity contribution in [2.75, 3.05) is 5.32 Å². The summed E-state index contributed by atoms with van der Waals surface area (Å²) in [5.74, 6) is -0.259. The van der Waals surface area contributed by atoms with Crippen molar-refractivity contribution >= 4 is 40.3 Å². The highest BCUT2D eigenvalue weighted by molar-refractivity contribution is 7.16. The second-order valence-electron chi connectivity index (χ2n) is 6.74. The number of carbonyl (C=O) groups is 4. The summed E-state index contributed by atoms with van der Waals surface area (Å²) >= 11 is 1.46. The Bertz CT molecular complexity index is 862. The average molecular weight is 445 g/mol. The normalized spacial score (nSPS) is 14.9. The molecule has 2 aromatic rings. The Morgan fingerprint density at radius 3 is 2.42 bits per heavy atom. The first kappa shape index (κ1) is 26.2. The maximum atomic E-state index is 11.9. The first-order valence-electron chi connectivity index (χ1n) is 10.7. The lowest BCUT2D eigenvalue weighted by Gasteiger charge is -2.18. The van der Waals surface area contributed by atoms with Crippen LogP contribution in [-0.4, -0.2) is 24.0 Å². The number of aryl methyl sites for hydroxylation is 1. The fourth-order valence-electron chi connectivity index (χ4n) is 2.90. The predicted octanol–water partition coefficient (Wildman–Crippen LogP) is 4.78. The van der Waals surface area contributed by atoms with Gasteiger partial charge in [-0.25, -0.2) is 0 Å². The van der Waals surface area contributed by atoms with E-state index in [1.54, 1.807) is 0 Å². The molecule has 1 unspecified atom stereocenters. The Labute approximate surface area is 188 Å². The standard InChI is InChI=1S/C15H15NO2S.C7H11NO2.C2H6/c1-2-13-9-12(10-17)15(19-13)16-14(18)8-11-6-4-3-5-7-11;1-2-5-3-4-6(9)8-7(5)10;1-2/h3-7,9-10H,2,8H2,1H3,(H,16,18);5H,2-4H2,1H3,(H,8,9,10);1-2H3. The molecule has 7 heteroatoms. The molecular formula is C24H32N2O4S. The van der Waals surface area contributed by atoms with Gasteiger partial charge in [-0.2, -0.15) is 0 Å². The number of benzene rings is 1. The zero-order valence-electron chi connectivity index (χ0n) is 18.7. The summed E-state index contributed by atoms with van der Waals surface area (Å²) in [7, 11) is 0. The number of anilines is 1. The van der Waals surface area contributed by atoms with Crippen molar-refractivity contribution in [3.05, 3.63) is 52.4 Å². The molecule has 1 saturated heterocycles. The monoisotopic (exact) mass is 444 g/mol. The Kier molecular flexibility index (Phi) is 12.1. The van der Waals surface area contributed by atoms with Crippen molar-refractivity contribution in [1.82, 2.24) is 5.32 Å². The number of nitrogens with one attached hydrogen (secondary N) is 2. The van der Waals surface area contributed by atoms with Gasteiger partial charge < -0.3 is 5.32 Å². The maximum Gasteiger partial charge on any atom is 0.229 e. The zero-order valence-corrected chi connectivity index (χ0v) is 19.5. The highest BCUT2D eigenvalue weighted by Crippen LogP contribution is 2.27. The number of hydrogen-bond acceptors (Lipinski definition) is 5. The van der Waals surface area contributed by atoms with Gasteiger partial charge in [-0.15, -0.1) is 11.3 Å². The lowest BCUT2D eigenvalue weighted by molar-refractivity contribution is -0.136. The van der Waals surface area contributed by atoms with Crippen LogP contribution in [0.15, 0.2) is 36.4 Å². The highest BCUT2D eigenvalue weighted by atomic mass is 32.1. The molecule has 1 aromatic carbocycles. The average Bonchev–Trinajstić information content (AvgIpc) is 3.18. The molecule has 2 heterocycles. The van der Waals surface area contributed by atoms with E-state index in [-0.39, 0.29) is 23.6 Å². The fourth-order valence-corrected chi connectivity index (χ4v) is 3.88. The number of rotatable bonds is 6. The van der Waals surface area contributed by atoms with Crippen molar-refractivity contribution in [2.24, 2.45) is 5.92 Å². The van der Waals surface area contributed by atoms with Crippen molar-refractivity contribution in [3.63, 3.8) is 0 Å². The summed E-state index contributed by atoms with van der Waals surface area (Å²) in [4.78, 5) is 45.5. The van der Waals surface area contributed by atoms with Crippen LogP contribution in [0, 0.1) is 5.92 Å². The number of imide groups is 1. The third kappa shape index (κ3) is 8.84. The molecule has 2 N–H and O–H groups in total. The lowest BCUT2D eigenvalue weighted by atomic mass is 9.96. The molecule has 0 saturated carbocycles. The van der Waals surface area contributed by atoms with E-state index in [4.69, 9.17) is 0 Å². The van der Waals surface area contributed by atoms with Gasteiger partial charge in [0.15, 0.2) is 6.29 Å². The molecule has 1 aliphatic rings. The third-order valence-electron chi connectivity index (χ3n) is 4.59. The van der Waals surface area contributed by atoms with Gasteiger partial charge in [-0.1, -0.05) is 58.0 Å². The molecule has 0 bridgehead atoms. The van der Waals surface area contributed by atoms with E-state index in [0.717, 1.165) is 36.0 Å². The minimum atomic E-state index is -0.130. The van der Waals surface area contributed by atoms with Crippen LogP contribution in [0.1, 0.15) is 67.8 Å². The van der Waals surface area contributed by atoms with Gasteiger partial charge in [0.2, 0.25) is 17.7 Å². The Morgan fingerprint density at radius 2 is 1.87 bits per heavy atom. The van der Waals surface area contributed by atoms with Gasteiger partial charge in [-0.3, -0.25) is 24.5 Å². The summed E-state index contributed by atoms with van der Waals surface area (Å²) in [6.07, 6.45) is 4.02. The number of aldehydes is 1. The lowest BCUT2D eigenvalue weighted by Crippen LogP contribution is -2.40. The van der Waals surface area contributed by atoms with Gasteiger partial charge in [0.05, 0.1) is 6.42 Å². The zero-order chi connectivity index (χ0) is 23.2. The van der Waals surface area contributed by atoms with E-state index < -0.39 is 0 Å². The maximum absolute atomic E-state index is 11.9. The van der Waals surface area contributed by atoms with Crippen LogP contribution in [0.5, 0.6) is 0 Å². The first-order valence-corrected chi connectivity index (χ1v) is 11.5. The van der Waals surface area contributed by atoms with Crippen LogP contribution in [0.25, 0.3) is 0 Å². The largest absolute Gasteiger partial charge is 0.317 e. The molecule has 168 valence electrons. The summed E-state index contributed by atoms with van der Waals surface area (Å²) in [5.41, 5.74) is 1.52. The topological polar surface area (TPSA) is 92.3 Å². The SMILES string of the molecule is CC.CCC1CCC(=O)NC1=O.CCc1cc(C=O)c(NC(=O)Cc2ccccc2)s1. The minimum absolute atomic E-state index is 0.0673. The number of piperidine rings is 1. The highest BCUT2D eigenvalue weighted by Gasteiger charge is 2.24. The van der Waals surface area contributed by atoms with Gasteiger partial charge >= 0.3 is 0 Å². The van der Waals surface area contributed by atoms with Crippen molar-refractivity contribution in [1.29, 1.82) is 0 Å². The molecule has 0 aliphatic carbocycles. The predicted molar refractivity (Wildman–Crippen MR) is 125 cm³/mol. The molecule has 6 nitrogen and oxygen atoms in total. The summed E-state index contributed by atoms with van der Waals surface area (Å²) < 4.78 is 0. The molecule has 3 amide bonds. The van der Waals surface area contributed by atoms with Gasteiger partial charge in [0.1, 0.15) is 5.00 Å². The molecule has 0 radical (unpaired) electrons. The Hall–Kier alpha value is -2.80. The molecule has 31 heavy (non-hydrogen) atoms. The van der Waals surface area contributed by atoms with Crippen LogP contribution in [0.4, 0.5) is 5.00 Å². The minimum Gasteiger partial charge on any atom is -0.317 e. The number of carbonyl (C=O) groups excluding carboxylic acids is 4. The molecule has 1 aliphatic heterocycles. The smallest absolute Gasteiger partial charge is 0.229 e.